The summed E-state index contributed by atoms with van der Waals surface area (Å²) in [6.45, 7) is 2.43. The van der Waals surface area contributed by atoms with Gasteiger partial charge in [0.05, 0.1) is 0 Å². The highest BCUT2D eigenvalue weighted by molar-refractivity contribution is 9.10. The van der Waals surface area contributed by atoms with E-state index in [4.69, 9.17) is 0 Å². The SMILES string of the molecule is C/C=C\Cn1c(Br)nc2c1c(=O)n(C)c(=O)n2C. The van der Waals surface area contributed by atoms with Crippen LogP contribution in [0.3, 0.4) is 0 Å². The molecule has 18 heavy (non-hydrogen) atoms. The van der Waals surface area contributed by atoms with Gasteiger partial charge in [0.2, 0.25) is 0 Å². The molecular weight excluding hydrogens is 300 g/mol. The number of nitrogens with zero attached hydrogens (tertiary/aromatic N) is 4. The molecule has 0 aromatic carbocycles. The van der Waals surface area contributed by atoms with E-state index in [1.165, 1.54) is 11.6 Å². The van der Waals surface area contributed by atoms with Crippen LogP contribution in [0.25, 0.3) is 11.2 Å². The van der Waals surface area contributed by atoms with Crippen molar-refractivity contribution in [1.82, 2.24) is 18.7 Å². The summed E-state index contributed by atoms with van der Waals surface area (Å²) in [7, 11) is 3.06. The minimum Gasteiger partial charge on any atom is -0.309 e. The average Bonchev–Trinajstić information content (AvgIpc) is 2.68. The van der Waals surface area contributed by atoms with Crippen molar-refractivity contribution in [1.29, 1.82) is 0 Å². The number of rotatable bonds is 2. The zero-order valence-corrected chi connectivity index (χ0v) is 11.9. The molecule has 2 heterocycles. The van der Waals surface area contributed by atoms with Crippen LogP contribution in [0, 0.1) is 0 Å². The van der Waals surface area contributed by atoms with Gasteiger partial charge in [0, 0.05) is 20.6 Å². The van der Waals surface area contributed by atoms with Crippen LogP contribution in [-0.2, 0) is 20.6 Å². The first-order valence-electron chi connectivity index (χ1n) is 5.42. The predicted molar refractivity (Wildman–Crippen MR) is 72.7 cm³/mol. The Labute approximate surface area is 111 Å². The van der Waals surface area contributed by atoms with Gasteiger partial charge in [0.15, 0.2) is 15.9 Å². The second-order valence-corrected chi connectivity index (χ2v) is 4.65. The lowest BCUT2D eigenvalue weighted by Crippen LogP contribution is -2.37. The Kier molecular flexibility index (Phi) is 3.25. The summed E-state index contributed by atoms with van der Waals surface area (Å²) < 4.78 is 4.72. The molecule has 0 unspecified atom stereocenters. The van der Waals surface area contributed by atoms with Crippen molar-refractivity contribution in [3.8, 4) is 0 Å². The van der Waals surface area contributed by atoms with Crippen LogP contribution in [0.5, 0.6) is 0 Å². The van der Waals surface area contributed by atoms with Gasteiger partial charge in [0.25, 0.3) is 5.56 Å². The second-order valence-electron chi connectivity index (χ2n) is 3.94. The van der Waals surface area contributed by atoms with Gasteiger partial charge in [-0.05, 0) is 22.9 Å². The summed E-state index contributed by atoms with van der Waals surface area (Å²) in [6.07, 6.45) is 3.81. The molecule has 6 nitrogen and oxygen atoms in total. The summed E-state index contributed by atoms with van der Waals surface area (Å²) >= 11 is 3.31. The van der Waals surface area contributed by atoms with Crippen molar-refractivity contribution in [2.75, 3.05) is 0 Å². The maximum absolute atomic E-state index is 12.1. The van der Waals surface area contributed by atoms with Crippen molar-refractivity contribution in [3.63, 3.8) is 0 Å². The van der Waals surface area contributed by atoms with Gasteiger partial charge in [-0.15, -0.1) is 0 Å². The molecule has 2 aromatic heterocycles. The number of aryl methyl sites for hydroxylation is 1. The van der Waals surface area contributed by atoms with Crippen LogP contribution in [0.2, 0.25) is 0 Å². The van der Waals surface area contributed by atoms with E-state index >= 15 is 0 Å². The zero-order valence-electron chi connectivity index (χ0n) is 10.3. The van der Waals surface area contributed by atoms with E-state index in [2.05, 4.69) is 20.9 Å². The standard InChI is InChI=1S/C11H13BrN4O2/c1-4-5-6-16-7-8(13-10(16)12)14(2)11(18)15(3)9(7)17/h4-5H,6H2,1-3H3/b5-4-. The molecule has 0 fully saturated rings. The van der Waals surface area contributed by atoms with Crippen LogP contribution in [-0.4, -0.2) is 18.7 Å². The lowest BCUT2D eigenvalue weighted by molar-refractivity contribution is 0.703. The number of fused-ring (bicyclic) bond motifs is 1. The van der Waals surface area contributed by atoms with Gasteiger partial charge in [-0.3, -0.25) is 13.9 Å². The third-order valence-electron chi connectivity index (χ3n) is 2.83. The van der Waals surface area contributed by atoms with E-state index in [9.17, 15) is 9.59 Å². The first kappa shape index (κ1) is 12.8. The molecule has 0 saturated heterocycles. The molecule has 2 aromatic rings. The Bertz CT molecular complexity index is 751. The lowest BCUT2D eigenvalue weighted by atomic mass is 10.4. The number of halogens is 1. The first-order chi connectivity index (χ1) is 8.49. The Morgan fingerprint density at radius 3 is 2.56 bits per heavy atom. The predicted octanol–water partition coefficient (Wildman–Crippen LogP) is 0.772. The van der Waals surface area contributed by atoms with Crippen molar-refractivity contribution < 1.29 is 0 Å². The van der Waals surface area contributed by atoms with E-state index in [0.717, 1.165) is 4.57 Å². The topological polar surface area (TPSA) is 61.8 Å². The van der Waals surface area contributed by atoms with E-state index in [1.54, 1.807) is 11.6 Å². The van der Waals surface area contributed by atoms with Gasteiger partial charge in [-0.2, -0.15) is 0 Å². The maximum Gasteiger partial charge on any atom is 0.332 e. The Morgan fingerprint density at radius 1 is 1.28 bits per heavy atom. The highest BCUT2D eigenvalue weighted by atomic mass is 79.9. The second kappa shape index (κ2) is 4.56. The molecule has 96 valence electrons. The molecule has 0 N–H and O–H groups in total. The van der Waals surface area contributed by atoms with E-state index < -0.39 is 0 Å². The molecular formula is C11H13BrN4O2. The molecule has 0 spiro atoms. The van der Waals surface area contributed by atoms with Crippen LogP contribution in [0.1, 0.15) is 6.92 Å². The number of allylic oxidation sites excluding steroid dienone is 2. The third kappa shape index (κ3) is 1.74. The minimum atomic E-state index is -0.379. The van der Waals surface area contributed by atoms with Crippen LogP contribution in [0.4, 0.5) is 0 Å². The van der Waals surface area contributed by atoms with E-state index in [0.29, 0.717) is 22.4 Å². The number of hydrogen-bond donors (Lipinski definition) is 0. The minimum absolute atomic E-state index is 0.337. The van der Waals surface area contributed by atoms with Gasteiger partial charge >= 0.3 is 5.69 Å². The average molecular weight is 313 g/mol. The Hall–Kier alpha value is -1.63. The fourth-order valence-electron chi connectivity index (χ4n) is 1.80. The fraction of sp³-hybridized carbons (Fsp3) is 0.364. The molecule has 0 aliphatic carbocycles. The van der Waals surface area contributed by atoms with Crippen LogP contribution < -0.4 is 11.2 Å². The van der Waals surface area contributed by atoms with Gasteiger partial charge in [0.1, 0.15) is 0 Å². The molecule has 0 amide bonds. The molecule has 0 aliphatic heterocycles. The quantitative estimate of drug-likeness (QED) is 0.608. The van der Waals surface area contributed by atoms with Gasteiger partial charge in [-0.1, -0.05) is 12.2 Å². The maximum atomic E-state index is 12.1. The molecule has 0 bridgehead atoms. The lowest BCUT2D eigenvalue weighted by Gasteiger charge is -2.04. The monoisotopic (exact) mass is 312 g/mol. The summed E-state index contributed by atoms with van der Waals surface area (Å²) in [4.78, 5) is 28.2. The van der Waals surface area contributed by atoms with Gasteiger partial charge in [-0.25, -0.2) is 9.78 Å². The summed E-state index contributed by atoms with van der Waals surface area (Å²) in [5.41, 5.74) is 0.0931. The summed E-state index contributed by atoms with van der Waals surface area (Å²) in [6, 6.07) is 0. The smallest absolute Gasteiger partial charge is 0.309 e. The Morgan fingerprint density at radius 2 is 1.94 bits per heavy atom. The Balaban J connectivity index is 2.94. The normalized spacial score (nSPS) is 11.8. The van der Waals surface area contributed by atoms with E-state index in [-0.39, 0.29) is 11.2 Å². The van der Waals surface area contributed by atoms with Crippen LogP contribution >= 0.6 is 15.9 Å². The van der Waals surface area contributed by atoms with Gasteiger partial charge < -0.3 is 4.57 Å². The molecule has 0 atom stereocenters. The summed E-state index contributed by atoms with van der Waals surface area (Å²) in [5.74, 6) is 0. The van der Waals surface area contributed by atoms with Crippen molar-refractivity contribution >= 4 is 27.1 Å². The third-order valence-corrected chi connectivity index (χ3v) is 3.43. The molecule has 7 heteroatoms. The highest BCUT2D eigenvalue weighted by Crippen LogP contribution is 2.15. The fourth-order valence-corrected chi connectivity index (χ4v) is 2.29. The molecule has 2 rings (SSSR count). The molecule has 0 aliphatic rings. The summed E-state index contributed by atoms with van der Waals surface area (Å²) in [5, 5.41) is 0. The number of hydrogen-bond acceptors (Lipinski definition) is 3. The zero-order chi connectivity index (χ0) is 13.4. The largest absolute Gasteiger partial charge is 0.332 e. The van der Waals surface area contributed by atoms with Crippen molar-refractivity contribution in [2.24, 2.45) is 14.1 Å². The van der Waals surface area contributed by atoms with E-state index in [1.807, 2.05) is 19.1 Å². The highest BCUT2D eigenvalue weighted by Gasteiger charge is 2.16. The molecule has 0 saturated carbocycles. The first-order valence-corrected chi connectivity index (χ1v) is 6.21. The number of aromatic nitrogens is 4. The van der Waals surface area contributed by atoms with Crippen molar-refractivity contribution in [2.45, 2.75) is 13.5 Å². The number of imidazole rings is 1. The van der Waals surface area contributed by atoms with Crippen LogP contribution in [0.15, 0.2) is 26.5 Å². The molecule has 0 radical (unpaired) electrons. The van der Waals surface area contributed by atoms with Crippen molar-refractivity contribution in [3.05, 3.63) is 37.7 Å².